The largest absolute Gasteiger partial charge is 0.492 e. The average Bonchev–Trinajstić information content (AvgIpc) is 2.46. The summed E-state index contributed by atoms with van der Waals surface area (Å²) in [5, 5.41) is 18.2. The van der Waals surface area contributed by atoms with Crippen molar-refractivity contribution in [3.05, 3.63) is 23.3 Å². The van der Waals surface area contributed by atoms with Gasteiger partial charge in [-0.05, 0) is 43.0 Å². The molecule has 1 rings (SSSR count). The highest BCUT2D eigenvalue weighted by atomic mass is 32.2. The second-order valence-electron chi connectivity index (χ2n) is 5.59. The summed E-state index contributed by atoms with van der Waals surface area (Å²) in [4.78, 5) is 0.0792. The van der Waals surface area contributed by atoms with Gasteiger partial charge in [0.15, 0.2) is 0 Å². The van der Waals surface area contributed by atoms with E-state index < -0.39 is 10.0 Å². The molecule has 0 atom stereocenters. The lowest BCUT2D eigenvalue weighted by atomic mass is 9.98. The number of hydrogen-bond acceptors (Lipinski definition) is 5. The summed E-state index contributed by atoms with van der Waals surface area (Å²) in [5.41, 5.74) is 1.90. The van der Waals surface area contributed by atoms with Crippen LogP contribution >= 0.6 is 0 Å². The number of hydrogen-bond donors (Lipinski definition) is 2. The minimum Gasteiger partial charge on any atom is -0.492 e. The highest BCUT2D eigenvalue weighted by molar-refractivity contribution is 7.89. The number of aliphatic hydroxyl groups is 2. The third-order valence-corrected chi connectivity index (χ3v) is 5.49. The monoisotopic (exact) mass is 345 g/mol. The van der Waals surface area contributed by atoms with Crippen LogP contribution in [0.1, 0.15) is 37.8 Å². The van der Waals surface area contributed by atoms with Gasteiger partial charge in [-0.15, -0.1) is 0 Å². The second-order valence-corrected chi connectivity index (χ2v) is 7.50. The van der Waals surface area contributed by atoms with E-state index in [2.05, 4.69) is 0 Å². The fraction of sp³-hybridized carbons (Fsp3) is 0.625. The van der Waals surface area contributed by atoms with Crippen molar-refractivity contribution in [2.75, 3.05) is 32.9 Å². The minimum atomic E-state index is -3.86. The Labute approximate surface area is 138 Å². The molecule has 0 bridgehead atoms. The molecule has 0 aliphatic rings. The molecule has 0 amide bonds. The number of benzene rings is 1. The summed E-state index contributed by atoms with van der Waals surface area (Å²) in [6.45, 7) is 7.30. The molecule has 0 heterocycles. The highest BCUT2D eigenvalue weighted by Gasteiger charge is 2.28. The van der Waals surface area contributed by atoms with Crippen molar-refractivity contribution >= 4 is 10.0 Å². The van der Waals surface area contributed by atoms with Crippen LogP contribution in [0.2, 0.25) is 0 Å². The quantitative estimate of drug-likeness (QED) is 0.708. The molecule has 1 aromatic rings. The van der Waals surface area contributed by atoms with E-state index in [1.165, 1.54) is 0 Å². The van der Waals surface area contributed by atoms with Gasteiger partial charge in [-0.25, -0.2) is 8.42 Å². The highest BCUT2D eigenvalue weighted by Crippen LogP contribution is 2.33. The van der Waals surface area contributed by atoms with Crippen molar-refractivity contribution in [2.24, 2.45) is 0 Å². The van der Waals surface area contributed by atoms with E-state index >= 15 is 0 Å². The third kappa shape index (κ3) is 4.67. The Hall–Kier alpha value is -1.15. The molecule has 0 saturated carbocycles. The lowest BCUT2D eigenvalue weighted by Crippen LogP contribution is -2.36. The molecule has 0 aliphatic carbocycles. The Morgan fingerprint density at radius 1 is 1.17 bits per heavy atom. The normalized spacial score (nSPS) is 12.2. The van der Waals surface area contributed by atoms with Crippen LogP contribution in [0.3, 0.4) is 0 Å². The molecular formula is C16H27NO5S. The van der Waals surface area contributed by atoms with E-state index in [1.807, 2.05) is 20.8 Å². The molecule has 0 unspecified atom stereocenters. The Morgan fingerprint density at radius 2 is 1.74 bits per heavy atom. The first-order chi connectivity index (χ1) is 10.8. The van der Waals surface area contributed by atoms with E-state index in [0.29, 0.717) is 12.4 Å². The zero-order valence-electron chi connectivity index (χ0n) is 14.2. The first-order valence-electron chi connectivity index (χ1n) is 7.78. The maximum absolute atomic E-state index is 12.9. The molecule has 0 saturated heterocycles. The fourth-order valence-corrected chi connectivity index (χ4v) is 4.05. The van der Waals surface area contributed by atoms with Gasteiger partial charge in [-0.2, -0.15) is 4.31 Å². The predicted octanol–water partition coefficient (Wildman–Crippen LogP) is 1.49. The summed E-state index contributed by atoms with van der Waals surface area (Å²) in [6.07, 6.45) is 0. The van der Waals surface area contributed by atoms with Crippen LogP contribution in [0.5, 0.6) is 5.75 Å². The molecule has 0 aromatic heterocycles. The molecule has 7 heteroatoms. The topological polar surface area (TPSA) is 87.1 Å². The zero-order chi connectivity index (χ0) is 17.6. The number of rotatable bonds is 9. The van der Waals surface area contributed by atoms with Crippen molar-refractivity contribution in [3.8, 4) is 5.75 Å². The lowest BCUT2D eigenvalue weighted by molar-refractivity contribution is 0.217. The van der Waals surface area contributed by atoms with Crippen LogP contribution in [0, 0.1) is 6.92 Å². The molecule has 0 aliphatic heterocycles. The van der Waals surface area contributed by atoms with Gasteiger partial charge < -0.3 is 14.9 Å². The Bertz CT molecular complexity index is 607. The molecule has 2 N–H and O–H groups in total. The molecular weight excluding hydrogens is 318 g/mol. The van der Waals surface area contributed by atoms with Crippen LogP contribution in [-0.4, -0.2) is 55.8 Å². The maximum atomic E-state index is 12.9. The Balaban J connectivity index is 3.49. The standard InChI is InChI=1S/C16H27NO5S/c1-5-22-15-10-13(4)14(12(2)3)11-16(15)23(20,21)17(6-8-18)7-9-19/h10-12,18-19H,5-9H2,1-4H3. The van der Waals surface area contributed by atoms with Gasteiger partial charge >= 0.3 is 0 Å². The van der Waals surface area contributed by atoms with Crippen molar-refractivity contribution in [2.45, 2.75) is 38.5 Å². The predicted molar refractivity (Wildman–Crippen MR) is 89.4 cm³/mol. The fourth-order valence-electron chi connectivity index (χ4n) is 2.48. The maximum Gasteiger partial charge on any atom is 0.246 e. The first kappa shape index (κ1) is 19.9. The third-order valence-electron chi connectivity index (χ3n) is 3.57. The van der Waals surface area contributed by atoms with E-state index in [4.69, 9.17) is 14.9 Å². The van der Waals surface area contributed by atoms with Gasteiger partial charge in [0, 0.05) is 13.1 Å². The van der Waals surface area contributed by atoms with E-state index in [0.717, 1.165) is 15.4 Å². The summed E-state index contributed by atoms with van der Waals surface area (Å²) in [7, 11) is -3.86. The Morgan fingerprint density at radius 3 is 2.17 bits per heavy atom. The SMILES string of the molecule is CCOc1cc(C)c(C(C)C)cc1S(=O)(=O)N(CCO)CCO. The van der Waals surface area contributed by atoms with Gasteiger partial charge in [0.05, 0.1) is 19.8 Å². The Kier molecular flexibility index (Phi) is 7.47. The molecule has 0 radical (unpaired) electrons. The number of nitrogens with zero attached hydrogens (tertiary/aromatic N) is 1. The van der Waals surface area contributed by atoms with Crippen LogP contribution in [0.15, 0.2) is 17.0 Å². The number of sulfonamides is 1. The zero-order valence-corrected chi connectivity index (χ0v) is 15.1. The molecule has 0 fully saturated rings. The molecule has 6 nitrogen and oxygen atoms in total. The van der Waals surface area contributed by atoms with Gasteiger partial charge in [0.1, 0.15) is 10.6 Å². The molecule has 0 spiro atoms. The van der Waals surface area contributed by atoms with Crippen molar-refractivity contribution in [1.82, 2.24) is 4.31 Å². The van der Waals surface area contributed by atoms with Crippen LogP contribution in [-0.2, 0) is 10.0 Å². The summed E-state index contributed by atoms with van der Waals surface area (Å²) in [6, 6.07) is 3.38. The molecule has 23 heavy (non-hydrogen) atoms. The summed E-state index contributed by atoms with van der Waals surface area (Å²) >= 11 is 0. The summed E-state index contributed by atoms with van der Waals surface area (Å²) in [5.74, 6) is 0.471. The van der Waals surface area contributed by atoms with Crippen molar-refractivity contribution < 1.29 is 23.4 Å². The van der Waals surface area contributed by atoms with Crippen LogP contribution in [0.25, 0.3) is 0 Å². The first-order valence-corrected chi connectivity index (χ1v) is 9.22. The van der Waals surface area contributed by atoms with Crippen LogP contribution < -0.4 is 4.74 Å². The number of aryl methyl sites for hydroxylation is 1. The lowest BCUT2D eigenvalue weighted by Gasteiger charge is -2.23. The van der Waals surface area contributed by atoms with Gasteiger partial charge in [0.2, 0.25) is 10.0 Å². The smallest absolute Gasteiger partial charge is 0.246 e. The molecule has 1 aromatic carbocycles. The van der Waals surface area contributed by atoms with E-state index in [1.54, 1.807) is 19.1 Å². The molecule has 132 valence electrons. The van der Waals surface area contributed by atoms with E-state index in [9.17, 15) is 8.42 Å². The van der Waals surface area contributed by atoms with Crippen molar-refractivity contribution in [3.63, 3.8) is 0 Å². The number of ether oxygens (including phenoxy) is 1. The van der Waals surface area contributed by atoms with Gasteiger partial charge in [-0.1, -0.05) is 13.8 Å². The minimum absolute atomic E-state index is 0.0701. The number of aliphatic hydroxyl groups excluding tert-OH is 2. The van der Waals surface area contributed by atoms with Gasteiger partial charge in [-0.3, -0.25) is 0 Å². The second kappa shape index (κ2) is 8.63. The average molecular weight is 345 g/mol. The van der Waals surface area contributed by atoms with Crippen LogP contribution in [0.4, 0.5) is 0 Å². The van der Waals surface area contributed by atoms with E-state index in [-0.39, 0.29) is 37.1 Å². The summed E-state index contributed by atoms with van der Waals surface area (Å²) < 4.78 is 32.4. The van der Waals surface area contributed by atoms with Gasteiger partial charge in [0.25, 0.3) is 0 Å². The van der Waals surface area contributed by atoms with Crippen molar-refractivity contribution in [1.29, 1.82) is 0 Å².